The van der Waals surface area contributed by atoms with Crippen LogP contribution in [0.1, 0.15) is 37.4 Å². The zero-order chi connectivity index (χ0) is 16.9. The molecule has 2 aromatic rings. The smallest absolute Gasteiger partial charge is 0.220 e. The summed E-state index contributed by atoms with van der Waals surface area (Å²) < 4.78 is 2.01. The number of carbonyl (C=O) groups excluding carboxylic acids is 1. The van der Waals surface area contributed by atoms with Gasteiger partial charge in [-0.15, -0.1) is 0 Å². The van der Waals surface area contributed by atoms with Gasteiger partial charge in [0.05, 0.1) is 12.2 Å². The van der Waals surface area contributed by atoms with Crippen LogP contribution in [0.3, 0.4) is 0 Å². The molecule has 5 heteroatoms. The largest absolute Gasteiger partial charge is 0.333 e. The minimum absolute atomic E-state index is 0.128. The molecule has 0 bridgehead atoms. The molecule has 0 unspecified atom stereocenters. The van der Waals surface area contributed by atoms with E-state index in [1.54, 1.807) is 6.92 Å². The number of rotatable bonds is 5. The lowest BCUT2D eigenvalue weighted by molar-refractivity contribution is -0.134. The molecule has 1 aliphatic rings. The van der Waals surface area contributed by atoms with E-state index in [2.05, 4.69) is 35.3 Å². The third kappa shape index (κ3) is 3.85. The average Bonchev–Trinajstić information content (AvgIpc) is 3.03. The summed E-state index contributed by atoms with van der Waals surface area (Å²) in [4.78, 5) is 16.4. The predicted molar refractivity (Wildman–Crippen MR) is 94.4 cm³/mol. The van der Waals surface area contributed by atoms with E-state index in [9.17, 15) is 4.79 Å². The Labute approximate surface area is 143 Å². The van der Waals surface area contributed by atoms with Gasteiger partial charge in [-0.05, 0) is 12.0 Å². The number of hydrogen-bond donors (Lipinski definition) is 0. The van der Waals surface area contributed by atoms with Crippen LogP contribution >= 0.6 is 0 Å². The first-order valence-electron chi connectivity index (χ1n) is 8.73. The van der Waals surface area contributed by atoms with Crippen LogP contribution in [0, 0.1) is 0 Å². The standard InChI is InChI=1S/C19H26N4O/c1-3-9-22-14-17(12-20-22)13-21-10-11-23(16(2)24)19(15-21)18-7-5-4-6-8-18/h4-8,12,14,19H,3,9-11,13,15H2,1-2H3/t19-/m0/s1. The summed E-state index contributed by atoms with van der Waals surface area (Å²) in [7, 11) is 0. The number of nitrogens with zero attached hydrogens (tertiary/aromatic N) is 4. The van der Waals surface area contributed by atoms with Gasteiger partial charge in [-0.3, -0.25) is 14.4 Å². The summed E-state index contributed by atoms with van der Waals surface area (Å²) in [5, 5.41) is 4.42. The van der Waals surface area contributed by atoms with E-state index in [4.69, 9.17) is 0 Å². The molecular weight excluding hydrogens is 300 g/mol. The fourth-order valence-corrected chi connectivity index (χ4v) is 3.42. The lowest BCUT2D eigenvalue weighted by Gasteiger charge is -2.41. The Bertz CT molecular complexity index is 667. The number of piperazine rings is 1. The van der Waals surface area contributed by atoms with Crippen molar-refractivity contribution >= 4 is 5.91 Å². The van der Waals surface area contributed by atoms with Crippen LogP contribution in [0.5, 0.6) is 0 Å². The van der Waals surface area contributed by atoms with E-state index in [1.807, 2.05) is 34.0 Å². The summed E-state index contributed by atoms with van der Waals surface area (Å²) in [6.07, 6.45) is 5.19. The Morgan fingerprint density at radius 3 is 2.75 bits per heavy atom. The van der Waals surface area contributed by atoms with Gasteiger partial charge in [0.2, 0.25) is 5.91 Å². The topological polar surface area (TPSA) is 41.4 Å². The third-order valence-corrected chi connectivity index (χ3v) is 4.60. The van der Waals surface area contributed by atoms with Crippen LogP contribution in [-0.4, -0.2) is 45.1 Å². The Balaban J connectivity index is 1.71. The lowest BCUT2D eigenvalue weighted by Crippen LogP contribution is -2.49. The van der Waals surface area contributed by atoms with Crippen molar-refractivity contribution in [3.8, 4) is 0 Å². The molecule has 2 heterocycles. The molecule has 1 fully saturated rings. The summed E-state index contributed by atoms with van der Waals surface area (Å²) >= 11 is 0. The number of carbonyl (C=O) groups is 1. The van der Waals surface area contributed by atoms with Crippen LogP contribution in [0.4, 0.5) is 0 Å². The van der Waals surface area contributed by atoms with Crippen LogP contribution in [0.2, 0.25) is 0 Å². The van der Waals surface area contributed by atoms with Gasteiger partial charge in [0, 0.05) is 51.4 Å². The minimum Gasteiger partial charge on any atom is -0.333 e. The van der Waals surface area contributed by atoms with Gasteiger partial charge in [-0.1, -0.05) is 37.3 Å². The maximum atomic E-state index is 12.0. The highest BCUT2D eigenvalue weighted by molar-refractivity contribution is 5.74. The number of aromatic nitrogens is 2. The molecule has 5 nitrogen and oxygen atoms in total. The Kier molecular flexibility index (Phi) is 5.30. The van der Waals surface area contributed by atoms with Crippen LogP contribution in [-0.2, 0) is 17.9 Å². The highest BCUT2D eigenvalue weighted by Gasteiger charge is 2.29. The highest BCUT2D eigenvalue weighted by Crippen LogP contribution is 2.26. The van der Waals surface area contributed by atoms with Crippen molar-refractivity contribution in [1.82, 2.24) is 19.6 Å². The molecule has 1 aliphatic heterocycles. The average molecular weight is 326 g/mol. The molecule has 1 aromatic carbocycles. The maximum Gasteiger partial charge on any atom is 0.220 e. The molecule has 1 aromatic heterocycles. The number of benzene rings is 1. The van der Waals surface area contributed by atoms with Gasteiger partial charge in [-0.2, -0.15) is 5.10 Å². The van der Waals surface area contributed by atoms with Crippen LogP contribution < -0.4 is 0 Å². The van der Waals surface area contributed by atoms with E-state index in [0.29, 0.717) is 0 Å². The maximum absolute atomic E-state index is 12.0. The first kappa shape index (κ1) is 16.7. The van der Waals surface area contributed by atoms with Gasteiger partial charge >= 0.3 is 0 Å². The number of hydrogen-bond acceptors (Lipinski definition) is 3. The molecule has 1 saturated heterocycles. The van der Waals surface area contributed by atoms with Crippen molar-refractivity contribution in [2.45, 2.75) is 39.4 Å². The fourth-order valence-electron chi connectivity index (χ4n) is 3.42. The van der Waals surface area contributed by atoms with E-state index in [0.717, 1.165) is 39.1 Å². The second kappa shape index (κ2) is 7.62. The second-order valence-corrected chi connectivity index (χ2v) is 6.49. The quantitative estimate of drug-likeness (QED) is 0.848. The normalized spacial score (nSPS) is 18.8. The lowest BCUT2D eigenvalue weighted by atomic mass is 10.0. The summed E-state index contributed by atoms with van der Waals surface area (Å²) in [6, 6.07) is 10.5. The van der Waals surface area contributed by atoms with Crippen molar-refractivity contribution in [3.05, 3.63) is 53.9 Å². The van der Waals surface area contributed by atoms with Crippen molar-refractivity contribution in [1.29, 1.82) is 0 Å². The van der Waals surface area contributed by atoms with Gasteiger partial charge < -0.3 is 4.90 Å². The molecule has 0 spiro atoms. The van der Waals surface area contributed by atoms with Crippen molar-refractivity contribution < 1.29 is 4.79 Å². The van der Waals surface area contributed by atoms with E-state index < -0.39 is 0 Å². The molecule has 1 atom stereocenters. The predicted octanol–water partition coefficient (Wildman–Crippen LogP) is 2.70. The van der Waals surface area contributed by atoms with Gasteiger partial charge in [0.1, 0.15) is 0 Å². The second-order valence-electron chi connectivity index (χ2n) is 6.49. The zero-order valence-electron chi connectivity index (χ0n) is 14.6. The van der Waals surface area contributed by atoms with Gasteiger partial charge in [0.25, 0.3) is 0 Å². The van der Waals surface area contributed by atoms with Crippen molar-refractivity contribution in [2.24, 2.45) is 0 Å². The van der Waals surface area contributed by atoms with Crippen molar-refractivity contribution in [2.75, 3.05) is 19.6 Å². The molecule has 0 aliphatic carbocycles. The molecule has 0 radical (unpaired) electrons. The van der Waals surface area contributed by atoms with Crippen LogP contribution in [0.15, 0.2) is 42.7 Å². The molecule has 0 N–H and O–H groups in total. The van der Waals surface area contributed by atoms with Gasteiger partial charge in [-0.25, -0.2) is 0 Å². The summed E-state index contributed by atoms with van der Waals surface area (Å²) in [6.45, 7) is 8.22. The third-order valence-electron chi connectivity index (χ3n) is 4.60. The Morgan fingerprint density at radius 1 is 1.25 bits per heavy atom. The SMILES string of the molecule is CCCn1cc(CN2CCN(C(C)=O)[C@H](c3ccccc3)C2)cn1. The monoisotopic (exact) mass is 326 g/mol. The summed E-state index contributed by atoms with van der Waals surface area (Å²) in [5.41, 5.74) is 2.45. The fraction of sp³-hybridized carbons (Fsp3) is 0.474. The van der Waals surface area contributed by atoms with Crippen LogP contribution in [0.25, 0.3) is 0 Å². The number of aryl methyl sites for hydroxylation is 1. The molecule has 3 rings (SSSR count). The molecular formula is C19H26N4O. The van der Waals surface area contributed by atoms with Crippen molar-refractivity contribution in [3.63, 3.8) is 0 Å². The molecule has 24 heavy (non-hydrogen) atoms. The highest BCUT2D eigenvalue weighted by atomic mass is 16.2. The number of amides is 1. The molecule has 1 amide bonds. The zero-order valence-corrected chi connectivity index (χ0v) is 14.6. The minimum atomic E-state index is 0.128. The molecule has 0 saturated carbocycles. The Hall–Kier alpha value is -2.14. The summed E-state index contributed by atoms with van der Waals surface area (Å²) in [5.74, 6) is 0.152. The first-order valence-corrected chi connectivity index (χ1v) is 8.73. The Morgan fingerprint density at radius 2 is 2.04 bits per heavy atom. The van der Waals surface area contributed by atoms with E-state index in [-0.39, 0.29) is 11.9 Å². The van der Waals surface area contributed by atoms with Gasteiger partial charge in [0.15, 0.2) is 0 Å². The van der Waals surface area contributed by atoms with E-state index in [1.165, 1.54) is 11.1 Å². The first-order chi connectivity index (χ1) is 11.7. The van der Waals surface area contributed by atoms with E-state index >= 15 is 0 Å². The molecule has 128 valence electrons.